The maximum absolute atomic E-state index is 13.0. The molecule has 2 aromatic carbocycles. The molecule has 0 fully saturated rings. The zero-order valence-corrected chi connectivity index (χ0v) is 22.2. The number of hydrazone groups is 1. The van der Waals surface area contributed by atoms with Crippen LogP contribution in [0.2, 0.25) is 0 Å². The van der Waals surface area contributed by atoms with Crippen LogP contribution < -0.4 is 16.1 Å². The van der Waals surface area contributed by atoms with Gasteiger partial charge in [-0.3, -0.25) is 9.59 Å². The molecule has 190 valence electrons. The first-order valence-corrected chi connectivity index (χ1v) is 13.1. The van der Waals surface area contributed by atoms with Crippen LogP contribution in [0.5, 0.6) is 0 Å². The van der Waals surface area contributed by atoms with E-state index >= 15 is 0 Å². The molecule has 1 heterocycles. The average Bonchev–Trinajstić information content (AvgIpc) is 3.25. The van der Waals surface area contributed by atoms with E-state index in [-0.39, 0.29) is 11.8 Å². The van der Waals surface area contributed by atoms with E-state index in [4.69, 9.17) is 0 Å². The first-order valence-electron chi connectivity index (χ1n) is 12.2. The molecule has 2 amide bonds. The summed E-state index contributed by atoms with van der Waals surface area (Å²) in [4.78, 5) is 28.2. The van der Waals surface area contributed by atoms with Gasteiger partial charge in [0.05, 0.1) is 11.8 Å². The molecule has 0 aliphatic carbocycles. The number of nitrogens with one attached hydrogen (secondary N) is 3. The molecule has 3 N–H and O–H groups in total. The number of hydrogen-bond donors (Lipinski definition) is 3. The van der Waals surface area contributed by atoms with Crippen LogP contribution >= 0.6 is 11.3 Å². The molecule has 3 rings (SSSR count). The minimum atomic E-state index is -0.362. The number of likely N-dealkylation sites (N-methyl/N-ethyl adjacent to an activating group) is 1. The van der Waals surface area contributed by atoms with Gasteiger partial charge in [0.15, 0.2) is 0 Å². The predicted molar refractivity (Wildman–Crippen MR) is 149 cm³/mol. The SMILES string of the molecule is CCN(CC)CCNCc1cccc(C(=O)Nc2scc(C)c2C(=O)N/N=C/c2ccc(C)cc2)c1. The van der Waals surface area contributed by atoms with E-state index in [2.05, 4.69) is 39.9 Å². The number of amides is 2. The van der Waals surface area contributed by atoms with E-state index in [0.29, 0.717) is 22.7 Å². The van der Waals surface area contributed by atoms with E-state index < -0.39 is 0 Å². The Morgan fingerprint density at radius 2 is 1.78 bits per heavy atom. The van der Waals surface area contributed by atoms with Crippen molar-refractivity contribution in [2.75, 3.05) is 31.5 Å². The van der Waals surface area contributed by atoms with Crippen LogP contribution in [-0.2, 0) is 6.54 Å². The first kappa shape index (κ1) is 27.3. The summed E-state index contributed by atoms with van der Waals surface area (Å²) in [5.74, 6) is -0.613. The van der Waals surface area contributed by atoms with Gasteiger partial charge in [-0.25, -0.2) is 5.43 Å². The van der Waals surface area contributed by atoms with E-state index in [9.17, 15) is 9.59 Å². The second-order valence-corrected chi connectivity index (χ2v) is 9.47. The second-order valence-electron chi connectivity index (χ2n) is 8.59. The van der Waals surface area contributed by atoms with Gasteiger partial charge in [-0.1, -0.05) is 55.8 Å². The number of nitrogens with zero attached hydrogens (tertiary/aromatic N) is 2. The number of anilines is 1. The van der Waals surface area contributed by atoms with Crippen molar-refractivity contribution in [3.05, 3.63) is 87.3 Å². The molecule has 3 aromatic rings. The van der Waals surface area contributed by atoms with Crippen LogP contribution in [0.3, 0.4) is 0 Å². The van der Waals surface area contributed by atoms with Gasteiger partial charge >= 0.3 is 0 Å². The standard InChI is InChI=1S/C28H35N5O2S/c1-5-33(6-2)15-14-29-17-23-8-7-9-24(16-23)26(34)31-28-25(21(4)19-36-28)27(35)32-30-18-22-12-10-20(3)11-13-22/h7-13,16,18-19,29H,5-6,14-15,17H2,1-4H3,(H,31,34)(H,32,35)/b30-18+. The molecular weight excluding hydrogens is 470 g/mol. The predicted octanol–water partition coefficient (Wildman–Crippen LogP) is 4.81. The maximum Gasteiger partial charge on any atom is 0.274 e. The highest BCUT2D eigenvalue weighted by Crippen LogP contribution is 2.28. The lowest BCUT2D eigenvalue weighted by Gasteiger charge is -2.18. The summed E-state index contributed by atoms with van der Waals surface area (Å²) in [6.07, 6.45) is 1.60. The molecule has 0 spiro atoms. The summed E-state index contributed by atoms with van der Waals surface area (Å²) in [7, 11) is 0. The molecule has 0 saturated heterocycles. The summed E-state index contributed by atoms with van der Waals surface area (Å²) in [6.45, 7) is 12.8. The van der Waals surface area contributed by atoms with Crippen molar-refractivity contribution in [3.8, 4) is 0 Å². The van der Waals surface area contributed by atoms with Gasteiger partial charge < -0.3 is 15.5 Å². The quantitative estimate of drug-likeness (QED) is 0.187. The Hall–Kier alpha value is -3.33. The molecule has 1 aromatic heterocycles. The van der Waals surface area contributed by atoms with Gasteiger partial charge in [0.2, 0.25) is 0 Å². The lowest BCUT2D eigenvalue weighted by atomic mass is 10.1. The minimum absolute atomic E-state index is 0.251. The van der Waals surface area contributed by atoms with E-state index in [1.54, 1.807) is 12.3 Å². The molecule has 0 atom stereocenters. The molecule has 7 nitrogen and oxygen atoms in total. The normalized spacial score (nSPS) is 11.2. The highest BCUT2D eigenvalue weighted by atomic mass is 32.1. The summed E-state index contributed by atoms with van der Waals surface area (Å²) in [6, 6.07) is 15.4. The number of carbonyl (C=O) groups excluding carboxylic acids is 2. The fourth-order valence-corrected chi connectivity index (χ4v) is 4.64. The Morgan fingerprint density at radius 3 is 2.50 bits per heavy atom. The molecule has 0 radical (unpaired) electrons. The van der Waals surface area contributed by atoms with Gasteiger partial charge in [0, 0.05) is 25.2 Å². The first-order chi connectivity index (χ1) is 17.4. The van der Waals surface area contributed by atoms with Gasteiger partial charge in [-0.05, 0) is 61.1 Å². The third-order valence-corrected chi connectivity index (χ3v) is 6.92. The van der Waals surface area contributed by atoms with Crippen LogP contribution in [0.25, 0.3) is 0 Å². The Balaban J connectivity index is 1.60. The third kappa shape index (κ3) is 7.84. The van der Waals surface area contributed by atoms with Crippen molar-refractivity contribution in [1.82, 2.24) is 15.6 Å². The number of hydrogen-bond acceptors (Lipinski definition) is 6. The Kier molecular flexibility index (Phi) is 10.4. The average molecular weight is 506 g/mol. The van der Waals surface area contributed by atoms with Crippen LogP contribution in [0, 0.1) is 13.8 Å². The Bertz CT molecular complexity index is 1180. The zero-order chi connectivity index (χ0) is 25.9. The summed E-state index contributed by atoms with van der Waals surface area (Å²) in [5, 5.41) is 12.8. The monoisotopic (exact) mass is 505 g/mol. The summed E-state index contributed by atoms with van der Waals surface area (Å²) in [5.41, 5.74) is 7.40. The van der Waals surface area contributed by atoms with Crippen molar-refractivity contribution in [1.29, 1.82) is 0 Å². The second kappa shape index (κ2) is 13.7. The fourth-order valence-electron chi connectivity index (χ4n) is 3.70. The maximum atomic E-state index is 13.0. The smallest absolute Gasteiger partial charge is 0.274 e. The molecule has 0 aliphatic rings. The minimum Gasteiger partial charge on any atom is -0.313 e. The number of carbonyl (C=O) groups is 2. The summed E-state index contributed by atoms with van der Waals surface area (Å²) >= 11 is 1.33. The molecule has 0 aliphatic heterocycles. The molecule has 0 saturated carbocycles. The topological polar surface area (TPSA) is 85.8 Å². The number of benzene rings is 2. The summed E-state index contributed by atoms with van der Waals surface area (Å²) < 4.78 is 0. The van der Waals surface area contributed by atoms with Crippen LogP contribution in [0.15, 0.2) is 59.0 Å². The molecule has 0 bridgehead atoms. The largest absolute Gasteiger partial charge is 0.313 e. The molecule has 0 unspecified atom stereocenters. The van der Waals surface area contributed by atoms with Crippen molar-refractivity contribution < 1.29 is 9.59 Å². The van der Waals surface area contributed by atoms with Gasteiger partial charge in [0.1, 0.15) is 5.00 Å². The lowest BCUT2D eigenvalue weighted by Crippen LogP contribution is -2.31. The molecular formula is C28H35N5O2S. The van der Waals surface area contributed by atoms with Gasteiger partial charge in [-0.15, -0.1) is 11.3 Å². The van der Waals surface area contributed by atoms with Crippen molar-refractivity contribution in [2.45, 2.75) is 34.2 Å². The highest BCUT2D eigenvalue weighted by Gasteiger charge is 2.19. The van der Waals surface area contributed by atoms with E-state index in [0.717, 1.165) is 48.4 Å². The number of aryl methyl sites for hydroxylation is 2. The number of thiophene rings is 1. The zero-order valence-electron chi connectivity index (χ0n) is 21.4. The highest BCUT2D eigenvalue weighted by molar-refractivity contribution is 7.15. The van der Waals surface area contributed by atoms with Crippen molar-refractivity contribution in [3.63, 3.8) is 0 Å². The molecule has 36 heavy (non-hydrogen) atoms. The van der Waals surface area contributed by atoms with Crippen LogP contribution in [-0.4, -0.2) is 49.1 Å². The van der Waals surface area contributed by atoms with Crippen LogP contribution in [0.1, 0.15) is 56.8 Å². The Labute approximate surface area is 217 Å². The van der Waals surface area contributed by atoms with Gasteiger partial charge in [0.25, 0.3) is 11.8 Å². The fraction of sp³-hybridized carbons (Fsp3) is 0.321. The Morgan fingerprint density at radius 1 is 1.03 bits per heavy atom. The lowest BCUT2D eigenvalue weighted by molar-refractivity contribution is 0.0956. The van der Waals surface area contributed by atoms with Crippen LogP contribution in [0.4, 0.5) is 5.00 Å². The van der Waals surface area contributed by atoms with Gasteiger partial charge in [-0.2, -0.15) is 5.10 Å². The van der Waals surface area contributed by atoms with E-state index in [1.807, 2.05) is 61.7 Å². The van der Waals surface area contributed by atoms with Crippen molar-refractivity contribution >= 4 is 34.4 Å². The van der Waals surface area contributed by atoms with E-state index in [1.165, 1.54) is 11.3 Å². The molecule has 8 heteroatoms. The third-order valence-electron chi connectivity index (χ3n) is 5.90. The number of rotatable bonds is 12. The van der Waals surface area contributed by atoms with Crippen molar-refractivity contribution in [2.24, 2.45) is 5.10 Å².